The quantitative estimate of drug-likeness (QED) is 0.635. The zero-order chi connectivity index (χ0) is 23.7. The van der Waals surface area contributed by atoms with E-state index in [-0.39, 0.29) is 36.8 Å². The number of benzene rings is 2. The molecule has 1 aliphatic heterocycles. The van der Waals surface area contributed by atoms with E-state index in [1.165, 1.54) is 29.6 Å². The normalized spacial score (nSPS) is 17.9. The Morgan fingerprint density at radius 2 is 1.94 bits per heavy atom. The molecule has 0 radical (unpaired) electrons. The number of nitriles is 1. The Morgan fingerprint density at radius 1 is 1.22 bits per heavy atom. The first-order chi connectivity index (χ1) is 15.0. The number of aryl methyl sites for hydroxylation is 1. The van der Waals surface area contributed by atoms with Crippen molar-refractivity contribution in [2.24, 2.45) is 0 Å². The molecule has 3 rings (SSSR count). The zero-order valence-corrected chi connectivity index (χ0v) is 18.9. The van der Waals surface area contributed by atoms with Crippen molar-refractivity contribution in [1.29, 1.82) is 5.26 Å². The van der Waals surface area contributed by atoms with E-state index in [9.17, 15) is 21.6 Å². The first kappa shape index (κ1) is 24.3. The first-order valence-corrected chi connectivity index (χ1v) is 11.4. The number of nitrogens with zero attached hydrogens (tertiary/aromatic N) is 3. The minimum absolute atomic E-state index is 0.0169. The van der Waals surface area contributed by atoms with Crippen molar-refractivity contribution in [2.75, 3.05) is 38.3 Å². The second-order valence-electron chi connectivity index (χ2n) is 7.42. The number of anilines is 1. The number of methoxy groups -OCH3 is 1. The molecule has 32 heavy (non-hydrogen) atoms. The van der Waals surface area contributed by atoms with Gasteiger partial charge >= 0.3 is 6.18 Å². The topological polar surface area (TPSA) is 73.6 Å². The lowest BCUT2D eigenvalue weighted by molar-refractivity contribution is -0.137. The van der Waals surface area contributed by atoms with Crippen LogP contribution in [-0.4, -0.2) is 52.1 Å². The molecule has 0 amide bonds. The van der Waals surface area contributed by atoms with Gasteiger partial charge in [0.05, 0.1) is 34.7 Å². The molecule has 11 heteroatoms. The predicted molar refractivity (Wildman–Crippen MR) is 114 cm³/mol. The molecule has 0 spiro atoms. The Morgan fingerprint density at radius 3 is 2.53 bits per heavy atom. The fourth-order valence-electron chi connectivity index (χ4n) is 3.65. The maximum Gasteiger partial charge on any atom is 0.417 e. The zero-order valence-electron chi connectivity index (χ0n) is 17.4. The summed E-state index contributed by atoms with van der Waals surface area (Å²) in [5.41, 5.74) is -0.511. The summed E-state index contributed by atoms with van der Waals surface area (Å²) in [6.07, 6.45) is -4.69. The summed E-state index contributed by atoms with van der Waals surface area (Å²) >= 11 is 6.09. The number of halogens is 4. The number of ether oxygens (including phenoxy) is 1. The number of sulfonamides is 1. The van der Waals surface area contributed by atoms with E-state index in [4.69, 9.17) is 21.6 Å². The molecule has 1 heterocycles. The van der Waals surface area contributed by atoms with Gasteiger partial charge < -0.3 is 9.64 Å². The smallest absolute Gasteiger partial charge is 0.383 e. The highest BCUT2D eigenvalue weighted by Gasteiger charge is 2.37. The van der Waals surface area contributed by atoms with Gasteiger partial charge in [-0.3, -0.25) is 0 Å². The summed E-state index contributed by atoms with van der Waals surface area (Å²) in [6.45, 7) is 2.09. The van der Waals surface area contributed by atoms with Crippen molar-refractivity contribution in [3.05, 3.63) is 58.1 Å². The summed E-state index contributed by atoms with van der Waals surface area (Å²) in [4.78, 5) is 1.73. The van der Waals surface area contributed by atoms with Crippen LogP contribution >= 0.6 is 11.6 Å². The van der Waals surface area contributed by atoms with Crippen LogP contribution in [0.25, 0.3) is 0 Å². The van der Waals surface area contributed by atoms with Gasteiger partial charge in [-0.15, -0.1) is 0 Å². The Labute approximate surface area is 189 Å². The van der Waals surface area contributed by atoms with Gasteiger partial charge in [-0.25, -0.2) is 8.42 Å². The average molecular weight is 488 g/mol. The lowest BCUT2D eigenvalue weighted by Gasteiger charge is -2.42. The molecule has 1 aliphatic rings. The van der Waals surface area contributed by atoms with E-state index in [0.717, 1.165) is 17.7 Å². The Balaban J connectivity index is 1.92. The lowest BCUT2D eigenvalue weighted by Crippen LogP contribution is -2.56. The molecular formula is C21H21ClF3N3O3S. The highest BCUT2D eigenvalue weighted by molar-refractivity contribution is 7.89. The Hall–Kier alpha value is -2.32. The van der Waals surface area contributed by atoms with E-state index < -0.39 is 33.4 Å². The molecule has 172 valence electrons. The third kappa shape index (κ3) is 4.86. The lowest BCUT2D eigenvalue weighted by atomic mass is 10.0. The fraction of sp³-hybridized carbons (Fsp3) is 0.381. The predicted octanol–water partition coefficient (Wildman–Crippen LogP) is 4.06. The Bertz CT molecular complexity index is 1150. The van der Waals surface area contributed by atoms with E-state index >= 15 is 0 Å². The molecule has 6 nitrogen and oxygen atoms in total. The van der Waals surface area contributed by atoms with Crippen molar-refractivity contribution in [3.8, 4) is 6.07 Å². The summed E-state index contributed by atoms with van der Waals surface area (Å²) in [5, 5.41) is 9.35. The summed E-state index contributed by atoms with van der Waals surface area (Å²) < 4.78 is 73.0. The standard InChI is InChI=1S/C21H21ClF3N3O3S/c1-14-3-6-18(10-20(14)22)32(29,30)27-7-8-28(17(12-27)13-31-2)16-5-4-15(11-26)19(9-16)21(23,24)25/h3-6,9-10,17H,7-8,12-13H2,1-2H3. The van der Waals surface area contributed by atoms with Gasteiger partial charge in [0.15, 0.2) is 0 Å². The van der Waals surface area contributed by atoms with Crippen LogP contribution in [0.15, 0.2) is 41.3 Å². The van der Waals surface area contributed by atoms with Crippen molar-refractivity contribution in [1.82, 2.24) is 4.31 Å². The fourth-order valence-corrected chi connectivity index (χ4v) is 5.39. The monoisotopic (exact) mass is 487 g/mol. The van der Waals surface area contributed by atoms with Crippen LogP contribution in [0.2, 0.25) is 5.02 Å². The van der Waals surface area contributed by atoms with Gasteiger partial charge in [0.25, 0.3) is 0 Å². The second-order valence-corrected chi connectivity index (χ2v) is 9.76. The minimum Gasteiger partial charge on any atom is -0.383 e. The van der Waals surface area contributed by atoms with E-state index in [1.807, 2.05) is 0 Å². The van der Waals surface area contributed by atoms with E-state index in [0.29, 0.717) is 5.02 Å². The maximum atomic E-state index is 13.4. The SMILES string of the molecule is COCC1CN(S(=O)(=O)c2ccc(C)c(Cl)c2)CCN1c1ccc(C#N)c(C(F)(F)F)c1. The van der Waals surface area contributed by atoms with Crippen molar-refractivity contribution < 1.29 is 26.3 Å². The third-order valence-electron chi connectivity index (χ3n) is 5.35. The number of hydrogen-bond donors (Lipinski definition) is 0. The molecule has 1 unspecified atom stereocenters. The van der Waals surface area contributed by atoms with Crippen molar-refractivity contribution in [2.45, 2.75) is 24.0 Å². The van der Waals surface area contributed by atoms with Crippen molar-refractivity contribution >= 4 is 27.3 Å². The van der Waals surface area contributed by atoms with Gasteiger partial charge in [-0.05, 0) is 42.8 Å². The number of alkyl halides is 3. The second kappa shape index (κ2) is 9.27. The van der Waals surface area contributed by atoms with Crippen LogP contribution in [0, 0.1) is 18.3 Å². The molecule has 0 N–H and O–H groups in total. The van der Waals surface area contributed by atoms with Crippen LogP contribution in [-0.2, 0) is 20.9 Å². The summed E-state index contributed by atoms with van der Waals surface area (Å²) in [5.74, 6) is 0. The van der Waals surface area contributed by atoms with Gasteiger partial charge in [0.1, 0.15) is 0 Å². The van der Waals surface area contributed by atoms with Crippen molar-refractivity contribution in [3.63, 3.8) is 0 Å². The first-order valence-electron chi connectivity index (χ1n) is 9.62. The van der Waals surface area contributed by atoms with E-state index in [2.05, 4.69) is 0 Å². The van der Waals surface area contributed by atoms with Crippen LogP contribution in [0.4, 0.5) is 18.9 Å². The minimum atomic E-state index is -4.69. The summed E-state index contributed by atoms with van der Waals surface area (Å²) in [7, 11) is -2.42. The third-order valence-corrected chi connectivity index (χ3v) is 7.61. The highest BCUT2D eigenvalue weighted by atomic mass is 35.5. The van der Waals surface area contributed by atoms with Gasteiger partial charge in [0, 0.05) is 37.5 Å². The highest BCUT2D eigenvalue weighted by Crippen LogP contribution is 2.35. The molecule has 2 aromatic rings. The summed E-state index contributed by atoms with van der Waals surface area (Å²) in [6, 6.07) is 8.99. The maximum absolute atomic E-state index is 13.4. The van der Waals surface area contributed by atoms with Gasteiger partial charge in [-0.2, -0.15) is 22.7 Å². The molecular weight excluding hydrogens is 467 g/mol. The number of piperazine rings is 1. The average Bonchev–Trinajstić information content (AvgIpc) is 2.74. The van der Waals surface area contributed by atoms with Gasteiger partial charge in [-0.1, -0.05) is 17.7 Å². The largest absolute Gasteiger partial charge is 0.417 e. The number of rotatable bonds is 5. The Kier molecular flexibility index (Phi) is 7.05. The molecule has 2 aromatic carbocycles. The molecule has 1 saturated heterocycles. The van der Waals surface area contributed by atoms with Crippen LogP contribution in [0.5, 0.6) is 0 Å². The molecule has 1 atom stereocenters. The van der Waals surface area contributed by atoms with E-state index in [1.54, 1.807) is 24.0 Å². The molecule has 0 aromatic heterocycles. The molecule has 0 aliphatic carbocycles. The number of hydrogen-bond acceptors (Lipinski definition) is 5. The molecule has 1 fully saturated rings. The van der Waals surface area contributed by atoms with Gasteiger partial charge in [0.2, 0.25) is 10.0 Å². The van der Waals surface area contributed by atoms with Crippen LogP contribution < -0.4 is 4.90 Å². The van der Waals surface area contributed by atoms with Crippen LogP contribution in [0.1, 0.15) is 16.7 Å². The van der Waals surface area contributed by atoms with Crippen LogP contribution in [0.3, 0.4) is 0 Å². The molecule has 0 saturated carbocycles. The molecule has 0 bridgehead atoms.